The number of hydrogen-bond donors (Lipinski definition) is 1. The second-order valence-electron chi connectivity index (χ2n) is 4.56. The number of rotatable bonds is 8. The maximum absolute atomic E-state index is 5.71. The van der Waals surface area contributed by atoms with Crippen LogP contribution < -0.4 is 15.2 Å². The number of para-hydroxylation sites is 2. The molecule has 0 heterocycles. The van der Waals surface area contributed by atoms with Crippen molar-refractivity contribution in [2.24, 2.45) is 11.7 Å². The topological polar surface area (TPSA) is 47.7 Å². The van der Waals surface area contributed by atoms with Crippen LogP contribution in [-0.2, 0) is 0 Å². The lowest BCUT2D eigenvalue weighted by atomic mass is 10.2. The molecule has 1 aromatic rings. The SMILES string of the molecule is COc1ccccc1OCCN(C)CC(C)C(N)=S. The van der Waals surface area contributed by atoms with E-state index in [0.717, 1.165) is 24.6 Å². The van der Waals surface area contributed by atoms with Gasteiger partial charge in [0.05, 0.1) is 12.1 Å². The number of nitrogens with zero attached hydrogens (tertiary/aromatic N) is 1. The highest BCUT2D eigenvalue weighted by Crippen LogP contribution is 2.25. The van der Waals surface area contributed by atoms with Gasteiger partial charge in [-0.1, -0.05) is 31.3 Å². The summed E-state index contributed by atoms with van der Waals surface area (Å²) >= 11 is 4.96. The fourth-order valence-corrected chi connectivity index (χ4v) is 1.77. The van der Waals surface area contributed by atoms with Crippen LogP contribution >= 0.6 is 12.2 Å². The lowest BCUT2D eigenvalue weighted by Crippen LogP contribution is -2.33. The second-order valence-corrected chi connectivity index (χ2v) is 5.04. The first-order chi connectivity index (χ1) is 9.04. The van der Waals surface area contributed by atoms with Gasteiger partial charge in [-0.05, 0) is 19.2 Å². The highest BCUT2D eigenvalue weighted by molar-refractivity contribution is 7.80. The number of ether oxygens (including phenoxy) is 2. The summed E-state index contributed by atoms with van der Waals surface area (Å²) in [5.41, 5.74) is 5.60. The number of methoxy groups -OCH3 is 1. The van der Waals surface area contributed by atoms with Gasteiger partial charge in [0, 0.05) is 19.0 Å². The van der Waals surface area contributed by atoms with Gasteiger partial charge in [0.1, 0.15) is 6.61 Å². The van der Waals surface area contributed by atoms with E-state index < -0.39 is 0 Å². The molecule has 0 aliphatic carbocycles. The standard InChI is InChI=1S/C14H22N2O2S/c1-11(14(15)19)10-16(2)8-9-18-13-7-5-4-6-12(13)17-3/h4-7,11H,8-10H2,1-3H3,(H2,15,19). The van der Waals surface area contributed by atoms with E-state index in [4.69, 9.17) is 27.4 Å². The van der Waals surface area contributed by atoms with E-state index >= 15 is 0 Å². The van der Waals surface area contributed by atoms with Gasteiger partial charge in [0.15, 0.2) is 11.5 Å². The Morgan fingerprint density at radius 2 is 2.00 bits per heavy atom. The minimum atomic E-state index is 0.214. The zero-order valence-corrected chi connectivity index (χ0v) is 12.6. The maximum Gasteiger partial charge on any atom is 0.161 e. The summed E-state index contributed by atoms with van der Waals surface area (Å²) in [5.74, 6) is 1.73. The third-order valence-corrected chi connectivity index (χ3v) is 3.27. The van der Waals surface area contributed by atoms with Crippen molar-refractivity contribution in [3.05, 3.63) is 24.3 Å². The highest BCUT2D eigenvalue weighted by Gasteiger charge is 2.09. The Kier molecular flexibility index (Phi) is 6.59. The van der Waals surface area contributed by atoms with Crippen LogP contribution in [0.25, 0.3) is 0 Å². The smallest absolute Gasteiger partial charge is 0.161 e. The summed E-state index contributed by atoms with van der Waals surface area (Å²) in [7, 11) is 3.67. The molecule has 0 amide bonds. The molecule has 0 aliphatic rings. The maximum atomic E-state index is 5.71. The zero-order chi connectivity index (χ0) is 14.3. The van der Waals surface area contributed by atoms with Gasteiger partial charge in [-0.3, -0.25) is 0 Å². The van der Waals surface area contributed by atoms with Gasteiger partial charge in [0.2, 0.25) is 0 Å². The second kappa shape index (κ2) is 7.96. The molecule has 1 atom stereocenters. The largest absolute Gasteiger partial charge is 0.493 e. The third kappa shape index (κ3) is 5.44. The normalized spacial score (nSPS) is 12.2. The first kappa shape index (κ1) is 15.7. The predicted octanol–water partition coefficient (Wildman–Crippen LogP) is 1.93. The molecule has 1 aromatic carbocycles. The molecule has 19 heavy (non-hydrogen) atoms. The molecular formula is C14H22N2O2S. The van der Waals surface area contributed by atoms with E-state index in [-0.39, 0.29) is 5.92 Å². The minimum Gasteiger partial charge on any atom is -0.493 e. The van der Waals surface area contributed by atoms with Crippen LogP contribution in [0.4, 0.5) is 0 Å². The molecule has 1 rings (SSSR count). The van der Waals surface area contributed by atoms with Crippen LogP contribution in [0.2, 0.25) is 0 Å². The molecule has 0 aliphatic heterocycles. The van der Waals surface area contributed by atoms with Gasteiger partial charge in [-0.25, -0.2) is 0 Å². The lowest BCUT2D eigenvalue weighted by Gasteiger charge is -2.20. The fourth-order valence-electron chi connectivity index (χ4n) is 1.70. The van der Waals surface area contributed by atoms with Crippen LogP contribution in [0, 0.1) is 5.92 Å². The van der Waals surface area contributed by atoms with Crippen LogP contribution in [0.1, 0.15) is 6.92 Å². The molecule has 0 aromatic heterocycles. The summed E-state index contributed by atoms with van der Waals surface area (Å²) in [4.78, 5) is 2.71. The third-order valence-electron chi connectivity index (χ3n) is 2.87. The summed E-state index contributed by atoms with van der Waals surface area (Å²) in [6, 6.07) is 7.63. The van der Waals surface area contributed by atoms with Crippen molar-refractivity contribution in [2.75, 3.05) is 33.9 Å². The number of benzene rings is 1. The first-order valence-electron chi connectivity index (χ1n) is 6.28. The van der Waals surface area contributed by atoms with Crippen LogP contribution in [0.15, 0.2) is 24.3 Å². The molecule has 0 saturated heterocycles. The number of thiocarbonyl (C=S) groups is 1. The Morgan fingerprint density at radius 1 is 1.37 bits per heavy atom. The summed E-state index contributed by atoms with van der Waals surface area (Å²) in [5, 5.41) is 0. The van der Waals surface area contributed by atoms with Crippen molar-refractivity contribution in [3.63, 3.8) is 0 Å². The van der Waals surface area contributed by atoms with E-state index in [0.29, 0.717) is 11.6 Å². The first-order valence-corrected chi connectivity index (χ1v) is 6.69. The Bertz CT molecular complexity index is 412. The van der Waals surface area contributed by atoms with Crippen LogP contribution in [0.3, 0.4) is 0 Å². The van der Waals surface area contributed by atoms with Gasteiger partial charge in [-0.2, -0.15) is 0 Å². The van der Waals surface area contributed by atoms with Crippen molar-refractivity contribution in [1.29, 1.82) is 0 Å². The number of hydrogen-bond acceptors (Lipinski definition) is 4. The summed E-state index contributed by atoms with van der Waals surface area (Å²) in [6.45, 7) is 4.27. The molecule has 2 N–H and O–H groups in total. The Balaban J connectivity index is 2.35. The van der Waals surface area contributed by atoms with E-state index in [1.165, 1.54) is 0 Å². The van der Waals surface area contributed by atoms with E-state index in [1.54, 1.807) is 7.11 Å². The molecule has 1 unspecified atom stereocenters. The van der Waals surface area contributed by atoms with Gasteiger partial charge in [-0.15, -0.1) is 0 Å². The van der Waals surface area contributed by atoms with Gasteiger partial charge < -0.3 is 20.1 Å². The van der Waals surface area contributed by atoms with Crippen molar-refractivity contribution in [2.45, 2.75) is 6.92 Å². The monoisotopic (exact) mass is 282 g/mol. The average Bonchev–Trinajstić information content (AvgIpc) is 2.39. The zero-order valence-electron chi connectivity index (χ0n) is 11.8. The van der Waals surface area contributed by atoms with Crippen LogP contribution in [0.5, 0.6) is 11.5 Å². The summed E-state index contributed by atoms with van der Waals surface area (Å²) < 4.78 is 10.9. The van der Waals surface area contributed by atoms with E-state index in [1.807, 2.05) is 38.2 Å². The van der Waals surface area contributed by atoms with Gasteiger partial charge in [0.25, 0.3) is 0 Å². The molecule has 0 saturated carbocycles. The van der Waals surface area contributed by atoms with E-state index in [2.05, 4.69) is 4.90 Å². The molecular weight excluding hydrogens is 260 g/mol. The quantitative estimate of drug-likeness (QED) is 0.738. The van der Waals surface area contributed by atoms with Crippen molar-refractivity contribution < 1.29 is 9.47 Å². The van der Waals surface area contributed by atoms with Crippen molar-refractivity contribution in [1.82, 2.24) is 4.90 Å². The molecule has 0 radical (unpaired) electrons. The highest BCUT2D eigenvalue weighted by atomic mass is 32.1. The lowest BCUT2D eigenvalue weighted by molar-refractivity contribution is 0.224. The Morgan fingerprint density at radius 3 is 2.58 bits per heavy atom. The Hall–Kier alpha value is -1.33. The van der Waals surface area contributed by atoms with Crippen molar-refractivity contribution in [3.8, 4) is 11.5 Å². The van der Waals surface area contributed by atoms with Gasteiger partial charge >= 0.3 is 0 Å². The fraction of sp³-hybridized carbons (Fsp3) is 0.500. The number of likely N-dealkylation sites (N-methyl/N-ethyl adjacent to an activating group) is 1. The summed E-state index contributed by atoms with van der Waals surface area (Å²) in [6.07, 6.45) is 0. The molecule has 106 valence electrons. The van der Waals surface area contributed by atoms with Crippen LogP contribution in [-0.4, -0.2) is 43.7 Å². The molecule has 0 spiro atoms. The predicted molar refractivity (Wildman–Crippen MR) is 81.9 cm³/mol. The minimum absolute atomic E-state index is 0.214. The molecule has 0 fully saturated rings. The molecule has 4 nitrogen and oxygen atoms in total. The molecule has 5 heteroatoms. The number of nitrogens with two attached hydrogens (primary N) is 1. The average molecular weight is 282 g/mol. The molecule has 0 bridgehead atoms. The van der Waals surface area contributed by atoms with Crippen molar-refractivity contribution >= 4 is 17.2 Å². The van der Waals surface area contributed by atoms with E-state index in [9.17, 15) is 0 Å². The Labute approximate surface area is 120 Å².